The Hall–Kier alpha value is -2.74. The van der Waals surface area contributed by atoms with Crippen LogP contribution < -0.4 is 0 Å². The van der Waals surface area contributed by atoms with Crippen LogP contribution >= 0.6 is 24.8 Å². The Morgan fingerprint density at radius 1 is 0.553 bits per heavy atom. The van der Waals surface area contributed by atoms with E-state index in [0.717, 1.165) is 0 Å². The first-order valence-corrected chi connectivity index (χ1v) is 30.2. The zero-order chi connectivity index (χ0) is 31.5. The molecule has 2 aliphatic rings. The van der Waals surface area contributed by atoms with Crippen LogP contribution in [-0.4, -0.2) is 6.88 Å². The van der Waals surface area contributed by atoms with Gasteiger partial charge in [0.1, 0.15) is 0 Å². The Morgan fingerprint density at radius 2 is 1.13 bits per heavy atom. The van der Waals surface area contributed by atoms with E-state index in [1.807, 2.05) is 0 Å². The van der Waals surface area contributed by atoms with Crippen LogP contribution in [0, 0.1) is 12.8 Å². The summed E-state index contributed by atoms with van der Waals surface area (Å²) in [6.07, 6.45) is 5.14. The zero-order valence-corrected chi connectivity index (χ0v) is 33.9. The van der Waals surface area contributed by atoms with Crippen LogP contribution in [0.3, 0.4) is 0 Å². The van der Waals surface area contributed by atoms with Gasteiger partial charge in [0, 0.05) is 0 Å². The minimum atomic E-state index is -3.75. The van der Waals surface area contributed by atoms with Crippen LogP contribution in [-0.2, 0) is 17.4 Å². The summed E-state index contributed by atoms with van der Waals surface area (Å²) in [4.78, 5) is 0. The van der Waals surface area contributed by atoms with Crippen LogP contribution in [0.15, 0.2) is 126 Å². The summed E-state index contributed by atoms with van der Waals surface area (Å²) in [5.74, 6) is 0.492. The summed E-state index contributed by atoms with van der Waals surface area (Å²) in [6, 6.07) is 43.2. The molecule has 0 N–H and O–H groups in total. The number of allylic oxidation sites excluding steroid dienone is 2. The van der Waals surface area contributed by atoms with Crippen molar-refractivity contribution in [2.24, 2.45) is 5.92 Å². The van der Waals surface area contributed by atoms with Crippen LogP contribution in [0.5, 0.6) is 0 Å². The van der Waals surface area contributed by atoms with E-state index < -0.39 is 17.4 Å². The fourth-order valence-electron chi connectivity index (χ4n) is 8.68. The maximum atomic E-state index is 2.77. The van der Waals surface area contributed by atoms with Crippen molar-refractivity contribution in [3.8, 4) is 33.4 Å². The molecule has 47 heavy (non-hydrogen) atoms. The maximum Gasteiger partial charge on any atom is -0.147 e. The van der Waals surface area contributed by atoms with Gasteiger partial charge in [-0.25, -0.2) is 0 Å². The second-order valence-electron chi connectivity index (χ2n) is 14.9. The maximum absolute atomic E-state index is 3.75. The molecule has 0 fully saturated rings. The van der Waals surface area contributed by atoms with E-state index in [-0.39, 0.29) is 24.8 Å². The molecule has 7 rings (SSSR count). The molecule has 0 spiro atoms. The van der Waals surface area contributed by atoms with Gasteiger partial charge >= 0.3 is 274 Å². The van der Waals surface area contributed by atoms with Gasteiger partial charge in [0.05, 0.1) is 0 Å². The van der Waals surface area contributed by atoms with Crippen molar-refractivity contribution >= 4 is 43.8 Å². The normalized spacial score (nSPS) is 16.9. The number of halogens is 2. The van der Waals surface area contributed by atoms with Crippen molar-refractivity contribution in [2.45, 2.75) is 44.2 Å². The minimum Gasteiger partial charge on any atom is -0.147 e. The van der Waals surface area contributed by atoms with Gasteiger partial charge in [-0.3, -0.25) is 0 Å². The fraction of sp³-hybridized carbons (Fsp3) is 0.209. The van der Waals surface area contributed by atoms with E-state index in [9.17, 15) is 0 Å². The van der Waals surface area contributed by atoms with Gasteiger partial charge in [-0.15, -0.1) is 24.8 Å². The third kappa shape index (κ3) is 6.17. The molecule has 0 radical (unpaired) electrons. The number of rotatable bonds is 6. The van der Waals surface area contributed by atoms with Gasteiger partial charge < -0.3 is 0 Å². The first-order chi connectivity index (χ1) is 21.5. The second kappa shape index (κ2) is 13.3. The summed E-state index contributed by atoms with van der Waals surface area (Å²) in [6.45, 7) is 11.9. The summed E-state index contributed by atoms with van der Waals surface area (Å²) < 4.78 is 6.49. The van der Waals surface area contributed by atoms with Crippen LogP contribution in [0.4, 0.5) is 0 Å². The molecule has 240 valence electrons. The molecule has 5 aromatic carbocycles. The molecule has 0 saturated carbocycles. The van der Waals surface area contributed by atoms with Crippen molar-refractivity contribution in [3.05, 3.63) is 154 Å². The molecule has 2 unspecified atom stereocenters. The number of aryl methyl sites for hydroxylation is 1. The Kier molecular flexibility index (Phi) is 10.1. The number of benzene rings is 5. The minimum absolute atomic E-state index is 0. The third-order valence-electron chi connectivity index (χ3n) is 10.6. The van der Waals surface area contributed by atoms with Gasteiger partial charge in [-0.2, -0.15) is 0 Å². The molecule has 0 amide bonds. The van der Waals surface area contributed by atoms with Crippen molar-refractivity contribution in [1.29, 1.82) is 0 Å². The van der Waals surface area contributed by atoms with E-state index in [4.69, 9.17) is 0 Å². The van der Waals surface area contributed by atoms with Gasteiger partial charge in [-0.05, 0) is 0 Å². The van der Waals surface area contributed by atoms with Gasteiger partial charge in [0.15, 0.2) is 0 Å². The molecular weight excluding hydrogens is 707 g/mol. The second-order valence-corrected chi connectivity index (χ2v) is 45.4. The van der Waals surface area contributed by atoms with E-state index >= 15 is 0 Å². The molecule has 2 atom stereocenters. The van der Waals surface area contributed by atoms with Crippen molar-refractivity contribution in [1.82, 2.24) is 0 Å². The average Bonchev–Trinajstić information content (AvgIpc) is 3.61. The summed E-state index contributed by atoms with van der Waals surface area (Å²) in [5.41, 5.74) is 18.4. The molecule has 4 heteroatoms. The molecule has 5 aromatic rings. The van der Waals surface area contributed by atoms with Gasteiger partial charge in [0.25, 0.3) is 0 Å². The van der Waals surface area contributed by atoms with Crippen LogP contribution in [0.25, 0.3) is 45.5 Å². The van der Waals surface area contributed by atoms with Crippen LogP contribution in [0.1, 0.15) is 55.8 Å². The standard InChI is InChI=1S/C22H17.C19H19.2CH3.2ClH.H2Si.Zr/c1-16-12-20-14-19(17-8-4-2-5-9-17)15-22(21(20)13-16)18-10-6-3-7-11-18;1-13(2)17-11-16-5-4-6-18(19(16)12-17)15-9-7-14(3)8-10-15;;;;;;/h2-15H,1H3;4-13H,1-3H3;2*1H3;2*1H;1H2;. The summed E-state index contributed by atoms with van der Waals surface area (Å²) in [5, 5.41) is 0. The molecule has 0 aliphatic heterocycles. The predicted molar refractivity (Wildman–Crippen MR) is 211 cm³/mol. The molecule has 0 nitrogen and oxygen atoms in total. The first kappa shape index (κ1) is 35.6. The molecule has 0 heterocycles. The Balaban J connectivity index is 0.00000217. The van der Waals surface area contributed by atoms with E-state index in [2.05, 4.69) is 171 Å². The average molecular weight is 753 g/mol. The predicted octanol–water partition coefficient (Wildman–Crippen LogP) is 12.4. The topological polar surface area (TPSA) is 0 Å². The summed E-state index contributed by atoms with van der Waals surface area (Å²) in [7, 11) is 0. The van der Waals surface area contributed by atoms with E-state index in [1.165, 1.54) is 50.1 Å². The molecule has 0 aromatic heterocycles. The first-order valence-electron chi connectivity index (χ1n) is 16.5. The van der Waals surface area contributed by atoms with Gasteiger partial charge in [0.2, 0.25) is 0 Å². The van der Waals surface area contributed by atoms with E-state index in [1.54, 1.807) is 22.3 Å². The smallest absolute Gasteiger partial charge is 0.147 e. The number of hydrogen-bond acceptors (Lipinski definition) is 0. The quantitative estimate of drug-likeness (QED) is 0.152. The third-order valence-corrected chi connectivity index (χ3v) is 28.2. The molecule has 2 aliphatic carbocycles. The summed E-state index contributed by atoms with van der Waals surface area (Å²) >= 11 is -3.75. The van der Waals surface area contributed by atoms with Crippen molar-refractivity contribution < 1.29 is 17.4 Å². The number of fused-ring (bicyclic) bond motifs is 2. The number of hydrogen-bond donors (Lipinski definition) is 0. The monoisotopic (exact) mass is 750 g/mol. The van der Waals surface area contributed by atoms with Gasteiger partial charge in [-0.1, -0.05) is 0 Å². The zero-order valence-electron chi connectivity index (χ0n) is 28.4. The Bertz CT molecular complexity index is 2070. The SMILES string of the molecule is CC1=Cc2c(-c3ccccc3)cc(-c3ccccc3)cc2[CH]1[Zr]([CH3])([CH3])(=[SiH2])[CH]1C(C(C)C)=Cc2c(-c3ccc(C)cc3)cccc21.Cl.Cl. The molecule has 0 saturated heterocycles. The van der Waals surface area contributed by atoms with Crippen molar-refractivity contribution in [2.75, 3.05) is 0 Å². The molecule has 0 bridgehead atoms. The van der Waals surface area contributed by atoms with Crippen LogP contribution in [0.2, 0.25) is 9.26 Å². The largest absolute Gasteiger partial charge is 0.147 e. The van der Waals surface area contributed by atoms with Crippen molar-refractivity contribution in [3.63, 3.8) is 0 Å². The molecular formula is C43H46Cl2SiZr. The Labute approximate surface area is 296 Å². The Morgan fingerprint density at radius 3 is 1.74 bits per heavy atom. The van der Waals surface area contributed by atoms with E-state index in [0.29, 0.717) is 13.2 Å². The fourth-order valence-corrected chi connectivity index (χ4v) is 29.2.